The van der Waals surface area contributed by atoms with E-state index in [0.717, 1.165) is 31.4 Å². The zero-order chi connectivity index (χ0) is 15.1. The average Bonchev–Trinajstić information content (AvgIpc) is 2.47. The molecule has 0 amide bonds. The van der Waals surface area contributed by atoms with Crippen LogP contribution in [0.1, 0.15) is 57.9 Å². The summed E-state index contributed by atoms with van der Waals surface area (Å²) in [6.45, 7) is 6.00. The number of ether oxygens (including phenoxy) is 1. The highest BCUT2D eigenvalue weighted by molar-refractivity contribution is 5.30. The maximum absolute atomic E-state index is 13.8. The second kappa shape index (κ2) is 8.38. The fraction of sp³-hybridized carbons (Fsp3) is 0.667. The van der Waals surface area contributed by atoms with Gasteiger partial charge in [-0.3, -0.25) is 0 Å². The molecule has 0 radical (unpaired) electrons. The minimum atomic E-state index is -0.204. The first-order valence-electron chi connectivity index (χ1n) is 8.39. The molecule has 2 unspecified atom stereocenters. The summed E-state index contributed by atoms with van der Waals surface area (Å²) in [6.07, 6.45) is 7.33. The Hall–Kier alpha value is -1.09. The molecule has 1 N–H and O–H groups in total. The van der Waals surface area contributed by atoms with Crippen molar-refractivity contribution in [1.29, 1.82) is 0 Å². The zero-order valence-corrected chi connectivity index (χ0v) is 13.3. The van der Waals surface area contributed by atoms with Crippen molar-refractivity contribution in [2.45, 2.75) is 65.0 Å². The molecule has 0 aliphatic heterocycles. The number of rotatable bonds is 7. The van der Waals surface area contributed by atoms with Gasteiger partial charge in [-0.25, -0.2) is 4.39 Å². The molecule has 0 heterocycles. The Labute approximate surface area is 128 Å². The smallest absolute Gasteiger partial charge is 0.127 e. The molecule has 0 bridgehead atoms. The molecule has 0 aromatic heterocycles. The van der Waals surface area contributed by atoms with E-state index in [9.17, 15) is 4.39 Å². The van der Waals surface area contributed by atoms with Crippen LogP contribution in [0.25, 0.3) is 0 Å². The van der Waals surface area contributed by atoms with Crippen LogP contribution in [0.4, 0.5) is 4.39 Å². The molecule has 2 rings (SSSR count). The second-order valence-corrected chi connectivity index (χ2v) is 6.08. The summed E-state index contributed by atoms with van der Waals surface area (Å²) in [5, 5.41) is 3.31. The lowest BCUT2D eigenvalue weighted by molar-refractivity contribution is 0.0900. The van der Waals surface area contributed by atoms with E-state index in [0.29, 0.717) is 18.2 Å². The Kier molecular flexibility index (Phi) is 6.50. The zero-order valence-electron chi connectivity index (χ0n) is 13.3. The summed E-state index contributed by atoms with van der Waals surface area (Å²) in [5.41, 5.74) is 0.960. The first-order chi connectivity index (χ1) is 10.2. The van der Waals surface area contributed by atoms with E-state index in [2.05, 4.69) is 19.2 Å². The third kappa shape index (κ3) is 4.99. The van der Waals surface area contributed by atoms with Crippen LogP contribution in [0.2, 0.25) is 0 Å². The maximum Gasteiger partial charge on any atom is 0.127 e. The van der Waals surface area contributed by atoms with Gasteiger partial charge in [0, 0.05) is 12.6 Å². The SMILES string of the molecule is CCCNCc1cc(F)cc(OC2CCCCC2CC)c1. The topological polar surface area (TPSA) is 21.3 Å². The molecule has 1 aliphatic rings. The first kappa shape index (κ1) is 16.3. The molecule has 118 valence electrons. The highest BCUT2D eigenvalue weighted by atomic mass is 19.1. The summed E-state index contributed by atoms with van der Waals surface area (Å²) in [6, 6.07) is 5.09. The third-order valence-corrected chi connectivity index (χ3v) is 4.34. The summed E-state index contributed by atoms with van der Waals surface area (Å²) < 4.78 is 19.9. The van der Waals surface area contributed by atoms with Crippen LogP contribution in [0.15, 0.2) is 18.2 Å². The summed E-state index contributed by atoms with van der Waals surface area (Å²) >= 11 is 0. The van der Waals surface area contributed by atoms with Crippen molar-refractivity contribution < 1.29 is 9.13 Å². The van der Waals surface area contributed by atoms with E-state index < -0.39 is 0 Å². The van der Waals surface area contributed by atoms with E-state index in [1.165, 1.54) is 25.3 Å². The van der Waals surface area contributed by atoms with Gasteiger partial charge in [0.1, 0.15) is 17.7 Å². The van der Waals surface area contributed by atoms with Gasteiger partial charge in [-0.15, -0.1) is 0 Å². The molecule has 0 saturated heterocycles. The Morgan fingerprint density at radius 2 is 2.00 bits per heavy atom. The van der Waals surface area contributed by atoms with Crippen molar-refractivity contribution in [3.8, 4) is 5.75 Å². The lowest BCUT2D eigenvalue weighted by atomic mass is 9.85. The van der Waals surface area contributed by atoms with Crippen molar-refractivity contribution in [3.05, 3.63) is 29.6 Å². The minimum Gasteiger partial charge on any atom is -0.490 e. The highest BCUT2D eigenvalue weighted by Crippen LogP contribution is 2.31. The molecule has 2 atom stereocenters. The van der Waals surface area contributed by atoms with Gasteiger partial charge in [0.05, 0.1) is 0 Å². The van der Waals surface area contributed by atoms with Gasteiger partial charge in [-0.2, -0.15) is 0 Å². The van der Waals surface area contributed by atoms with E-state index in [-0.39, 0.29) is 11.9 Å². The van der Waals surface area contributed by atoms with Gasteiger partial charge in [-0.1, -0.05) is 20.3 Å². The molecular weight excluding hydrogens is 265 g/mol. The number of halogens is 1. The quantitative estimate of drug-likeness (QED) is 0.737. The largest absolute Gasteiger partial charge is 0.490 e. The lowest BCUT2D eigenvalue weighted by Gasteiger charge is -2.31. The third-order valence-electron chi connectivity index (χ3n) is 4.34. The van der Waals surface area contributed by atoms with Crippen molar-refractivity contribution >= 4 is 0 Å². The molecule has 1 aromatic rings. The van der Waals surface area contributed by atoms with Crippen LogP contribution in [0.5, 0.6) is 5.75 Å². The molecular formula is C18H28FNO. The predicted molar refractivity (Wildman–Crippen MR) is 85.1 cm³/mol. The van der Waals surface area contributed by atoms with E-state index in [4.69, 9.17) is 4.74 Å². The number of benzene rings is 1. The highest BCUT2D eigenvalue weighted by Gasteiger charge is 2.25. The van der Waals surface area contributed by atoms with E-state index in [1.54, 1.807) is 6.07 Å². The molecule has 1 aliphatic carbocycles. The first-order valence-corrected chi connectivity index (χ1v) is 8.39. The van der Waals surface area contributed by atoms with Crippen molar-refractivity contribution in [2.24, 2.45) is 5.92 Å². The Bertz CT molecular complexity index is 435. The Morgan fingerprint density at radius 3 is 2.76 bits per heavy atom. The van der Waals surface area contributed by atoms with Crippen molar-refractivity contribution in [1.82, 2.24) is 5.32 Å². The molecule has 0 spiro atoms. The molecule has 21 heavy (non-hydrogen) atoms. The van der Waals surface area contributed by atoms with Gasteiger partial charge in [-0.05, 0) is 62.3 Å². The van der Waals surface area contributed by atoms with Crippen molar-refractivity contribution in [2.75, 3.05) is 6.54 Å². The van der Waals surface area contributed by atoms with E-state index >= 15 is 0 Å². The monoisotopic (exact) mass is 293 g/mol. The Balaban J connectivity index is 2.01. The van der Waals surface area contributed by atoms with Gasteiger partial charge in [0.25, 0.3) is 0 Å². The fourth-order valence-corrected chi connectivity index (χ4v) is 3.17. The summed E-state index contributed by atoms with van der Waals surface area (Å²) in [7, 11) is 0. The number of nitrogens with one attached hydrogen (secondary N) is 1. The summed E-state index contributed by atoms with van der Waals surface area (Å²) in [5.74, 6) is 1.10. The Morgan fingerprint density at radius 1 is 1.19 bits per heavy atom. The number of hydrogen-bond donors (Lipinski definition) is 1. The average molecular weight is 293 g/mol. The van der Waals surface area contributed by atoms with Crippen LogP contribution in [0, 0.1) is 11.7 Å². The minimum absolute atomic E-state index is 0.204. The number of hydrogen-bond acceptors (Lipinski definition) is 2. The molecule has 1 aromatic carbocycles. The molecule has 2 nitrogen and oxygen atoms in total. The maximum atomic E-state index is 13.8. The normalized spacial score (nSPS) is 22.2. The van der Waals surface area contributed by atoms with Gasteiger partial charge < -0.3 is 10.1 Å². The second-order valence-electron chi connectivity index (χ2n) is 6.08. The predicted octanol–water partition coefficient (Wildman–Crippen LogP) is 4.67. The van der Waals surface area contributed by atoms with Gasteiger partial charge >= 0.3 is 0 Å². The summed E-state index contributed by atoms with van der Waals surface area (Å²) in [4.78, 5) is 0. The van der Waals surface area contributed by atoms with E-state index in [1.807, 2.05) is 6.07 Å². The van der Waals surface area contributed by atoms with Gasteiger partial charge in [0.15, 0.2) is 0 Å². The molecule has 1 saturated carbocycles. The lowest BCUT2D eigenvalue weighted by Crippen LogP contribution is -2.30. The standard InChI is InChI=1S/C18H28FNO/c1-3-9-20-13-14-10-16(19)12-17(11-14)21-18-8-6-5-7-15(18)4-2/h10-12,15,18,20H,3-9,13H2,1-2H3. The fourth-order valence-electron chi connectivity index (χ4n) is 3.17. The van der Waals surface area contributed by atoms with Crippen LogP contribution < -0.4 is 10.1 Å². The molecule has 3 heteroatoms. The van der Waals surface area contributed by atoms with Crippen LogP contribution in [0.3, 0.4) is 0 Å². The van der Waals surface area contributed by atoms with Crippen LogP contribution >= 0.6 is 0 Å². The van der Waals surface area contributed by atoms with Gasteiger partial charge in [0.2, 0.25) is 0 Å². The molecule has 1 fully saturated rings. The van der Waals surface area contributed by atoms with Crippen LogP contribution in [-0.4, -0.2) is 12.6 Å². The van der Waals surface area contributed by atoms with Crippen molar-refractivity contribution in [3.63, 3.8) is 0 Å². The van der Waals surface area contributed by atoms with Crippen LogP contribution in [-0.2, 0) is 6.54 Å².